The molecule has 0 atom stereocenters. The van der Waals surface area contributed by atoms with E-state index in [1.54, 1.807) is 0 Å². The van der Waals surface area contributed by atoms with E-state index >= 15 is 0 Å². The SMILES string of the molecule is O=c1[nH]c(=O)n(Cc2cccc([N+](=O)[O-])c2)cc1[N+](=O)[O-]. The normalized spacial score (nSPS) is 10.3. The standard InChI is InChI=1S/C11H8N4O6/c16-10-9(15(20)21)6-13(11(17)12-10)5-7-2-1-3-8(4-7)14(18)19/h1-4,6H,5H2,(H,12,16,17). The molecule has 108 valence electrons. The monoisotopic (exact) mass is 292 g/mol. The second-order valence-electron chi connectivity index (χ2n) is 4.09. The van der Waals surface area contributed by atoms with Crippen molar-refractivity contribution < 1.29 is 9.85 Å². The van der Waals surface area contributed by atoms with Crippen LogP contribution >= 0.6 is 0 Å². The Kier molecular flexibility index (Phi) is 3.61. The molecule has 0 saturated carbocycles. The molecule has 10 heteroatoms. The van der Waals surface area contributed by atoms with E-state index in [-0.39, 0.29) is 12.2 Å². The first kappa shape index (κ1) is 14.1. The van der Waals surface area contributed by atoms with Crippen molar-refractivity contribution in [2.24, 2.45) is 0 Å². The molecule has 0 saturated heterocycles. The van der Waals surface area contributed by atoms with Gasteiger partial charge in [0.1, 0.15) is 0 Å². The van der Waals surface area contributed by atoms with E-state index in [2.05, 4.69) is 0 Å². The van der Waals surface area contributed by atoms with Gasteiger partial charge in [0.25, 0.3) is 5.69 Å². The number of nitrogens with one attached hydrogen (secondary N) is 1. The summed E-state index contributed by atoms with van der Waals surface area (Å²) in [6, 6.07) is 5.47. The van der Waals surface area contributed by atoms with Gasteiger partial charge in [-0.05, 0) is 5.56 Å². The molecule has 10 nitrogen and oxygen atoms in total. The van der Waals surface area contributed by atoms with E-state index < -0.39 is 26.8 Å². The van der Waals surface area contributed by atoms with Gasteiger partial charge in [0.15, 0.2) is 0 Å². The summed E-state index contributed by atoms with van der Waals surface area (Å²) in [7, 11) is 0. The van der Waals surface area contributed by atoms with Gasteiger partial charge in [0.2, 0.25) is 0 Å². The molecule has 0 radical (unpaired) electrons. The number of hydrogen-bond donors (Lipinski definition) is 1. The zero-order valence-corrected chi connectivity index (χ0v) is 10.4. The number of nitro benzene ring substituents is 1. The van der Waals surface area contributed by atoms with Crippen LogP contribution in [0.1, 0.15) is 5.56 Å². The van der Waals surface area contributed by atoms with Gasteiger partial charge in [0.05, 0.1) is 22.6 Å². The van der Waals surface area contributed by atoms with Crippen LogP contribution in [0.4, 0.5) is 11.4 Å². The summed E-state index contributed by atoms with van der Waals surface area (Å²) in [6.45, 7) is -0.141. The van der Waals surface area contributed by atoms with Gasteiger partial charge < -0.3 is 0 Å². The van der Waals surface area contributed by atoms with Gasteiger partial charge in [-0.25, -0.2) is 4.79 Å². The second-order valence-corrected chi connectivity index (χ2v) is 4.09. The van der Waals surface area contributed by atoms with E-state index in [0.717, 1.165) is 10.8 Å². The van der Waals surface area contributed by atoms with Crippen molar-refractivity contribution in [3.63, 3.8) is 0 Å². The van der Waals surface area contributed by atoms with Crippen molar-refractivity contribution in [1.29, 1.82) is 0 Å². The topological polar surface area (TPSA) is 141 Å². The molecule has 2 rings (SSSR count). The van der Waals surface area contributed by atoms with Crippen LogP contribution in [0.3, 0.4) is 0 Å². The van der Waals surface area contributed by atoms with Crippen LogP contribution < -0.4 is 11.2 Å². The molecule has 0 amide bonds. The average molecular weight is 292 g/mol. The molecule has 2 aromatic rings. The molecular weight excluding hydrogens is 284 g/mol. The highest BCUT2D eigenvalue weighted by molar-refractivity contribution is 5.34. The van der Waals surface area contributed by atoms with Gasteiger partial charge in [-0.2, -0.15) is 0 Å². The molecule has 0 fully saturated rings. The minimum atomic E-state index is -1.10. The molecule has 1 aromatic heterocycles. The second kappa shape index (κ2) is 5.36. The quantitative estimate of drug-likeness (QED) is 0.638. The molecule has 0 bridgehead atoms. The summed E-state index contributed by atoms with van der Waals surface area (Å²) in [5, 5.41) is 21.3. The van der Waals surface area contributed by atoms with E-state index in [1.165, 1.54) is 24.3 Å². The van der Waals surface area contributed by atoms with Crippen molar-refractivity contribution in [3.05, 3.63) is 77.1 Å². The molecule has 1 N–H and O–H groups in total. The van der Waals surface area contributed by atoms with Gasteiger partial charge in [0, 0.05) is 12.1 Å². The predicted molar refractivity (Wildman–Crippen MR) is 70.2 cm³/mol. The van der Waals surface area contributed by atoms with E-state index in [0.29, 0.717) is 5.56 Å². The summed E-state index contributed by atoms with van der Waals surface area (Å²) < 4.78 is 0.901. The third kappa shape index (κ3) is 3.00. The Labute approximate surface area is 115 Å². The Morgan fingerprint density at radius 1 is 1.14 bits per heavy atom. The smallest absolute Gasteiger partial charge is 0.289 e. The largest absolute Gasteiger partial charge is 0.350 e. The lowest BCUT2D eigenvalue weighted by Crippen LogP contribution is -2.31. The minimum absolute atomic E-state index is 0.141. The number of non-ortho nitro benzene ring substituents is 1. The summed E-state index contributed by atoms with van der Waals surface area (Å²) in [4.78, 5) is 44.5. The highest BCUT2D eigenvalue weighted by Crippen LogP contribution is 2.13. The number of hydrogen-bond acceptors (Lipinski definition) is 6. The molecular formula is C11H8N4O6. The van der Waals surface area contributed by atoms with Gasteiger partial charge >= 0.3 is 16.9 Å². The van der Waals surface area contributed by atoms with Crippen LogP contribution in [0.15, 0.2) is 40.1 Å². The van der Waals surface area contributed by atoms with E-state index in [4.69, 9.17) is 0 Å². The number of benzene rings is 1. The minimum Gasteiger partial charge on any atom is -0.289 e. The third-order valence-corrected chi connectivity index (χ3v) is 2.66. The summed E-state index contributed by atoms with van der Waals surface area (Å²) in [6.07, 6.45) is 0.806. The average Bonchev–Trinajstić information content (AvgIpc) is 2.41. The Bertz CT molecular complexity index is 837. The number of H-pyrrole nitrogens is 1. The zero-order chi connectivity index (χ0) is 15.6. The molecule has 0 aliphatic heterocycles. The van der Waals surface area contributed by atoms with Crippen LogP contribution in [0.25, 0.3) is 0 Å². The fraction of sp³-hybridized carbons (Fsp3) is 0.0909. The van der Waals surface area contributed by atoms with Crippen molar-refractivity contribution in [2.75, 3.05) is 0 Å². The molecule has 21 heavy (non-hydrogen) atoms. The maximum absolute atomic E-state index is 11.6. The highest BCUT2D eigenvalue weighted by atomic mass is 16.6. The van der Waals surface area contributed by atoms with Crippen molar-refractivity contribution in [2.45, 2.75) is 6.54 Å². The van der Waals surface area contributed by atoms with Crippen molar-refractivity contribution in [1.82, 2.24) is 9.55 Å². The number of rotatable bonds is 4. The fourth-order valence-corrected chi connectivity index (χ4v) is 1.71. The maximum atomic E-state index is 11.6. The predicted octanol–water partition coefficient (Wildman–Crippen LogP) is 0.401. The van der Waals surface area contributed by atoms with Gasteiger partial charge in [-0.3, -0.25) is 34.6 Å². The first-order chi connectivity index (χ1) is 9.88. The van der Waals surface area contributed by atoms with Crippen molar-refractivity contribution >= 4 is 11.4 Å². The van der Waals surface area contributed by atoms with Crippen LogP contribution in [0, 0.1) is 20.2 Å². The maximum Gasteiger partial charge on any atom is 0.350 e. The van der Waals surface area contributed by atoms with Crippen LogP contribution in [0.5, 0.6) is 0 Å². The Hall–Kier alpha value is -3.30. The molecule has 0 aliphatic carbocycles. The van der Waals surface area contributed by atoms with Crippen LogP contribution in [0.2, 0.25) is 0 Å². The molecule has 0 spiro atoms. The van der Waals surface area contributed by atoms with Crippen LogP contribution in [-0.2, 0) is 6.54 Å². The van der Waals surface area contributed by atoms with Gasteiger partial charge in [-0.15, -0.1) is 0 Å². The fourth-order valence-electron chi connectivity index (χ4n) is 1.71. The third-order valence-electron chi connectivity index (χ3n) is 2.66. The van der Waals surface area contributed by atoms with E-state index in [1.807, 2.05) is 4.98 Å². The molecule has 1 heterocycles. The number of aromatic amines is 1. The Morgan fingerprint density at radius 3 is 2.48 bits per heavy atom. The summed E-state index contributed by atoms with van der Waals surface area (Å²) >= 11 is 0. The molecule has 0 unspecified atom stereocenters. The highest BCUT2D eigenvalue weighted by Gasteiger charge is 2.15. The van der Waals surface area contributed by atoms with Gasteiger partial charge in [-0.1, -0.05) is 12.1 Å². The van der Waals surface area contributed by atoms with Crippen LogP contribution in [-0.4, -0.2) is 19.4 Å². The van der Waals surface area contributed by atoms with Crippen molar-refractivity contribution in [3.8, 4) is 0 Å². The lowest BCUT2D eigenvalue weighted by Gasteiger charge is -2.04. The summed E-state index contributed by atoms with van der Waals surface area (Å²) in [5.41, 5.74) is -2.48. The number of nitro groups is 2. The lowest BCUT2D eigenvalue weighted by molar-refractivity contribution is -0.386. The molecule has 1 aromatic carbocycles. The Balaban J connectivity index is 2.44. The number of aromatic nitrogens is 2. The summed E-state index contributed by atoms with van der Waals surface area (Å²) in [5.74, 6) is 0. The number of nitrogens with zero attached hydrogens (tertiary/aromatic N) is 3. The first-order valence-electron chi connectivity index (χ1n) is 5.60. The molecule has 0 aliphatic rings. The zero-order valence-electron chi connectivity index (χ0n) is 10.4. The Morgan fingerprint density at radius 2 is 1.86 bits per heavy atom. The lowest BCUT2D eigenvalue weighted by atomic mass is 10.2. The van der Waals surface area contributed by atoms with E-state index in [9.17, 15) is 29.8 Å². The first-order valence-corrected chi connectivity index (χ1v) is 5.60.